The van der Waals surface area contributed by atoms with Gasteiger partial charge in [-0.3, -0.25) is 9.58 Å². The molecule has 2 N–H and O–H groups in total. The van der Waals surface area contributed by atoms with E-state index in [0.717, 1.165) is 19.6 Å². The number of hydrogen-bond acceptors (Lipinski definition) is 4. The lowest BCUT2D eigenvalue weighted by Crippen LogP contribution is -2.42. The van der Waals surface area contributed by atoms with Gasteiger partial charge in [0.25, 0.3) is 0 Å². The second-order valence-corrected chi connectivity index (χ2v) is 5.68. The fraction of sp³-hybridized carbons (Fsp3) is 0.786. The van der Waals surface area contributed by atoms with E-state index < -0.39 is 0 Å². The number of nitrogens with two attached hydrogens (primary N) is 1. The highest BCUT2D eigenvalue weighted by atomic mass is 15.3. The molecule has 0 saturated carbocycles. The lowest BCUT2D eigenvalue weighted by atomic mass is 10.1. The SMILES string of the molecule is CCn1cc(C(CN)N2CCCC2CN(C)C)cn1. The molecule has 0 radical (unpaired) electrons. The Bertz CT molecular complexity index is 387. The molecule has 0 spiro atoms. The van der Waals surface area contributed by atoms with Crippen molar-refractivity contribution in [2.45, 2.75) is 38.4 Å². The highest BCUT2D eigenvalue weighted by Gasteiger charge is 2.31. The Labute approximate surface area is 116 Å². The third-order valence-corrected chi connectivity index (χ3v) is 3.98. The van der Waals surface area contributed by atoms with Gasteiger partial charge in [-0.1, -0.05) is 0 Å². The van der Waals surface area contributed by atoms with Crippen LogP contribution in [-0.4, -0.2) is 59.4 Å². The van der Waals surface area contributed by atoms with Crippen LogP contribution in [0, 0.1) is 0 Å². The Kier molecular flexibility index (Phi) is 4.96. The van der Waals surface area contributed by atoms with Crippen molar-refractivity contribution in [2.24, 2.45) is 5.73 Å². The zero-order valence-electron chi connectivity index (χ0n) is 12.4. The third-order valence-electron chi connectivity index (χ3n) is 3.98. The van der Waals surface area contributed by atoms with Gasteiger partial charge in [-0.05, 0) is 40.4 Å². The lowest BCUT2D eigenvalue weighted by molar-refractivity contribution is 0.156. The maximum Gasteiger partial charge on any atom is 0.0538 e. The van der Waals surface area contributed by atoms with E-state index in [-0.39, 0.29) is 0 Å². The van der Waals surface area contributed by atoms with E-state index in [1.807, 2.05) is 10.9 Å². The van der Waals surface area contributed by atoms with Crippen molar-refractivity contribution in [3.05, 3.63) is 18.0 Å². The van der Waals surface area contributed by atoms with Crippen molar-refractivity contribution in [1.82, 2.24) is 19.6 Å². The highest BCUT2D eigenvalue weighted by Crippen LogP contribution is 2.28. The smallest absolute Gasteiger partial charge is 0.0538 e. The zero-order valence-corrected chi connectivity index (χ0v) is 12.4. The summed E-state index contributed by atoms with van der Waals surface area (Å²) in [6.07, 6.45) is 6.67. The largest absolute Gasteiger partial charge is 0.329 e. The van der Waals surface area contributed by atoms with Gasteiger partial charge in [0.15, 0.2) is 0 Å². The van der Waals surface area contributed by atoms with Crippen molar-refractivity contribution >= 4 is 0 Å². The van der Waals surface area contributed by atoms with E-state index in [0.29, 0.717) is 18.6 Å². The van der Waals surface area contributed by atoms with E-state index in [9.17, 15) is 0 Å². The number of likely N-dealkylation sites (N-methyl/N-ethyl adjacent to an activating group) is 1. The van der Waals surface area contributed by atoms with Crippen LogP contribution in [0.25, 0.3) is 0 Å². The molecule has 1 saturated heterocycles. The Hall–Kier alpha value is -0.910. The molecule has 1 aromatic heterocycles. The summed E-state index contributed by atoms with van der Waals surface area (Å²) in [7, 11) is 4.28. The fourth-order valence-corrected chi connectivity index (χ4v) is 3.07. The van der Waals surface area contributed by atoms with Gasteiger partial charge in [0.05, 0.1) is 12.2 Å². The predicted octanol–water partition coefficient (Wildman–Crippen LogP) is 0.929. The minimum absolute atomic E-state index is 0.313. The van der Waals surface area contributed by atoms with Crippen molar-refractivity contribution in [2.75, 3.05) is 33.7 Å². The van der Waals surface area contributed by atoms with E-state index in [2.05, 4.69) is 42.1 Å². The second-order valence-electron chi connectivity index (χ2n) is 5.68. The molecule has 1 aromatic rings. The minimum atomic E-state index is 0.313. The molecule has 19 heavy (non-hydrogen) atoms. The zero-order chi connectivity index (χ0) is 13.8. The van der Waals surface area contributed by atoms with Crippen molar-refractivity contribution in [1.29, 1.82) is 0 Å². The van der Waals surface area contributed by atoms with Gasteiger partial charge in [0.1, 0.15) is 0 Å². The molecule has 1 fully saturated rings. The summed E-state index contributed by atoms with van der Waals surface area (Å²) in [5.41, 5.74) is 7.30. The summed E-state index contributed by atoms with van der Waals surface area (Å²) in [6, 6.07) is 0.932. The summed E-state index contributed by atoms with van der Waals surface area (Å²) in [5, 5.41) is 4.38. The Morgan fingerprint density at radius 2 is 2.32 bits per heavy atom. The number of rotatable bonds is 6. The average Bonchev–Trinajstić information content (AvgIpc) is 3.00. The fourth-order valence-electron chi connectivity index (χ4n) is 3.07. The molecule has 2 heterocycles. The van der Waals surface area contributed by atoms with Crippen LogP contribution in [0.15, 0.2) is 12.4 Å². The van der Waals surface area contributed by atoms with Crippen LogP contribution in [0.3, 0.4) is 0 Å². The molecule has 2 unspecified atom stereocenters. The normalized spacial score (nSPS) is 22.3. The number of likely N-dealkylation sites (tertiary alicyclic amines) is 1. The average molecular weight is 265 g/mol. The Morgan fingerprint density at radius 1 is 1.53 bits per heavy atom. The summed E-state index contributed by atoms with van der Waals surface area (Å²) >= 11 is 0. The van der Waals surface area contributed by atoms with Crippen molar-refractivity contribution in [3.8, 4) is 0 Å². The van der Waals surface area contributed by atoms with Crippen LogP contribution in [-0.2, 0) is 6.54 Å². The molecular weight excluding hydrogens is 238 g/mol. The predicted molar refractivity (Wildman–Crippen MR) is 78.0 cm³/mol. The van der Waals surface area contributed by atoms with Crippen LogP contribution in [0.5, 0.6) is 0 Å². The number of hydrogen-bond donors (Lipinski definition) is 1. The topological polar surface area (TPSA) is 50.3 Å². The van der Waals surface area contributed by atoms with Gasteiger partial charge in [-0.25, -0.2) is 0 Å². The van der Waals surface area contributed by atoms with Gasteiger partial charge >= 0.3 is 0 Å². The van der Waals surface area contributed by atoms with Gasteiger partial charge in [-0.2, -0.15) is 5.10 Å². The maximum atomic E-state index is 6.04. The number of nitrogens with zero attached hydrogens (tertiary/aromatic N) is 4. The van der Waals surface area contributed by atoms with Crippen LogP contribution in [0.4, 0.5) is 0 Å². The van der Waals surface area contributed by atoms with Crippen LogP contribution in [0.2, 0.25) is 0 Å². The van der Waals surface area contributed by atoms with Gasteiger partial charge < -0.3 is 10.6 Å². The van der Waals surface area contributed by atoms with Crippen LogP contribution >= 0.6 is 0 Å². The molecule has 0 bridgehead atoms. The van der Waals surface area contributed by atoms with E-state index in [1.165, 1.54) is 18.4 Å². The second kappa shape index (κ2) is 6.50. The van der Waals surface area contributed by atoms with Gasteiger partial charge in [0, 0.05) is 37.4 Å². The quantitative estimate of drug-likeness (QED) is 0.831. The molecule has 0 amide bonds. The molecule has 108 valence electrons. The maximum absolute atomic E-state index is 6.04. The van der Waals surface area contributed by atoms with E-state index in [1.54, 1.807) is 0 Å². The van der Waals surface area contributed by atoms with Crippen LogP contribution < -0.4 is 5.73 Å². The molecule has 1 aliphatic rings. The molecule has 0 aliphatic carbocycles. The summed E-state index contributed by atoms with van der Waals surface area (Å²) in [5.74, 6) is 0. The summed E-state index contributed by atoms with van der Waals surface area (Å²) < 4.78 is 1.98. The molecular formula is C14H27N5. The molecule has 5 heteroatoms. The summed E-state index contributed by atoms with van der Waals surface area (Å²) in [6.45, 7) is 5.95. The van der Waals surface area contributed by atoms with Crippen molar-refractivity contribution in [3.63, 3.8) is 0 Å². The Morgan fingerprint density at radius 3 is 2.89 bits per heavy atom. The first kappa shape index (κ1) is 14.5. The first-order chi connectivity index (χ1) is 9.15. The van der Waals surface area contributed by atoms with E-state index >= 15 is 0 Å². The van der Waals surface area contributed by atoms with E-state index in [4.69, 9.17) is 5.73 Å². The molecule has 0 aromatic carbocycles. The monoisotopic (exact) mass is 265 g/mol. The first-order valence-electron chi connectivity index (χ1n) is 7.28. The van der Waals surface area contributed by atoms with Gasteiger partial charge in [-0.15, -0.1) is 0 Å². The third kappa shape index (κ3) is 3.35. The number of aromatic nitrogens is 2. The van der Waals surface area contributed by atoms with Crippen LogP contribution in [0.1, 0.15) is 31.4 Å². The first-order valence-corrected chi connectivity index (χ1v) is 7.28. The molecule has 5 nitrogen and oxygen atoms in total. The lowest BCUT2D eigenvalue weighted by Gasteiger charge is -2.33. The van der Waals surface area contributed by atoms with Gasteiger partial charge in [0.2, 0.25) is 0 Å². The standard InChI is InChI=1S/C14H27N5/c1-4-18-10-12(9-16-18)14(8-15)19-7-5-6-13(19)11-17(2)3/h9-10,13-14H,4-8,11,15H2,1-3H3. The minimum Gasteiger partial charge on any atom is -0.329 e. The van der Waals surface area contributed by atoms with Crippen molar-refractivity contribution < 1.29 is 0 Å². The molecule has 2 atom stereocenters. The number of aryl methyl sites for hydroxylation is 1. The highest BCUT2D eigenvalue weighted by molar-refractivity contribution is 5.12. The molecule has 2 rings (SSSR count). The summed E-state index contributed by atoms with van der Waals surface area (Å²) in [4.78, 5) is 4.84. The Balaban J connectivity index is 2.11. The molecule has 1 aliphatic heterocycles.